The highest BCUT2D eigenvalue weighted by molar-refractivity contribution is 7.90. The normalized spacial score (nSPS) is 23.4. The highest BCUT2D eigenvalue weighted by atomic mass is 32.2. The van der Waals surface area contributed by atoms with E-state index in [0.717, 1.165) is 45.0 Å². The van der Waals surface area contributed by atoms with Crippen molar-refractivity contribution in [1.29, 1.82) is 0 Å². The molecule has 0 aromatic heterocycles. The van der Waals surface area contributed by atoms with E-state index in [1.165, 1.54) is 38.6 Å². The summed E-state index contributed by atoms with van der Waals surface area (Å²) in [4.78, 5) is 10.1. The van der Waals surface area contributed by atoms with Crippen LogP contribution >= 0.6 is 0 Å². The lowest BCUT2D eigenvalue weighted by Gasteiger charge is -2.49. The molecule has 0 spiro atoms. The molecule has 2 N–H and O–H groups in total. The summed E-state index contributed by atoms with van der Waals surface area (Å²) in [5, 5.41) is 6.74. The molecule has 1 unspecified atom stereocenters. The Hall–Kier alpha value is -0.860. The summed E-state index contributed by atoms with van der Waals surface area (Å²) in [5.74, 6) is 1.00. The van der Waals surface area contributed by atoms with Crippen LogP contribution in [0, 0.1) is 0 Å². The summed E-state index contributed by atoms with van der Waals surface area (Å²) in [6, 6.07) is 0.0657. The Kier molecular flexibility index (Phi) is 9.02. The molecule has 8 heteroatoms. The monoisotopic (exact) mass is 415 g/mol. The highest BCUT2D eigenvalue weighted by Gasteiger charge is 2.39. The Morgan fingerprint density at radius 3 is 2.36 bits per heavy atom. The van der Waals surface area contributed by atoms with Crippen LogP contribution in [-0.2, 0) is 9.84 Å². The van der Waals surface area contributed by atoms with Crippen molar-refractivity contribution >= 4 is 15.8 Å². The van der Waals surface area contributed by atoms with Gasteiger partial charge in [-0.25, -0.2) is 8.42 Å². The Bertz CT molecular complexity index is 594. The van der Waals surface area contributed by atoms with Crippen LogP contribution in [0.2, 0.25) is 0 Å². The molecule has 1 atom stereocenters. The van der Waals surface area contributed by atoms with E-state index in [9.17, 15) is 8.42 Å². The van der Waals surface area contributed by atoms with Gasteiger partial charge in [-0.3, -0.25) is 9.89 Å². The van der Waals surface area contributed by atoms with E-state index in [2.05, 4.69) is 34.4 Å². The molecule has 2 saturated heterocycles. The number of nitrogens with one attached hydrogen (secondary N) is 2. The van der Waals surface area contributed by atoms with Crippen molar-refractivity contribution in [2.24, 2.45) is 4.99 Å². The lowest BCUT2D eigenvalue weighted by Crippen LogP contribution is -2.58. The number of hydrogen-bond acceptors (Lipinski definition) is 5. The van der Waals surface area contributed by atoms with Gasteiger partial charge in [-0.15, -0.1) is 0 Å². The number of likely N-dealkylation sites (tertiary alicyclic amines) is 2. The molecule has 2 aliphatic rings. The number of rotatable bonds is 8. The van der Waals surface area contributed by atoms with Crippen LogP contribution in [0.5, 0.6) is 0 Å². The molecule has 164 valence electrons. The molecule has 7 nitrogen and oxygen atoms in total. The number of aliphatic imine (C=N–C) groups is 1. The molecule has 0 radical (unpaired) electrons. The molecule has 0 saturated carbocycles. The number of hydrogen-bond donors (Lipinski definition) is 2. The molecule has 2 heterocycles. The fourth-order valence-electron chi connectivity index (χ4n) is 4.22. The first-order valence-electron chi connectivity index (χ1n) is 10.9. The van der Waals surface area contributed by atoms with Gasteiger partial charge in [-0.1, -0.05) is 6.42 Å². The summed E-state index contributed by atoms with van der Waals surface area (Å²) in [6.07, 6.45) is 8.14. The van der Waals surface area contributed by atoms with Crippen molar-refractivity contribution in [2.75, 3.05) is 58.3 Å². The Labute approximate surface area is 172 Å². The first kappa shape index (κ1) is 23.4. The predicted molar refractivity (Wildman–Crippen MR) is 118 cm³/mol. The number of piperidine rings is 2. The van der Waals surface area contributed by atoms with Gasteiger partial charge in [0.2, 0.25) is 0 Å². The van der Waals surface area contributed by atoms with E-state index in [-0.39, 0.29) is 17.3 Å². The third kappa shape index (κ3) is 7.52. The quantitative estimate of drug-likeness (QED) is 0.460. The molecule has 28 heavy (non-hydrogen) atoms. The number of sulfone groups is 1. The summed E-state index contributed by atoms with van der Waals surface area (Å²) >= 11 is 0. The molecular formula is C20H41N5O2S. The zero-order valence-corrected chi connectivity index (χ0v) is 19.2. The highest BCUT2D eigenvalue weighted by Crippen LogP contribution is 2.31. The van der Waals surface area contributed by atoms with Crippen LogP contribution in [-0.4, -0.2) is 94.1 Å². The van der Waals surface area contributed by atoms with Gasteiger partial charge >= 0.3 is 0 Å². The van der Waals surface area contributed by atoms with Crippen LogP contribution in [0.25, 0.3) is 0 Å². The van der Waals surface area contributed by atoms with Crippen LogP contribution in [0.3, 0.4) is 0 Å². The second-order valence-electron chi connectivity index (χ2n) is 8.73. The average Bonchev–Trinajstić information content (AvgIpc) is 2.66. The van der Waals surface area contributed by atoms with E-state index in [1.54, 1.807) is 0 Å². The van der Waals surface area contributed by atoms with Crippen LogP contribution in [0.4, 0.5) is 0 Å². The van der Waals surface area contributed by atoms with Gasteiger partial charge in [0.1, 0.15) is 9.84 Å². The van der Waals surface area contributed by atoms with Crippen molar-refractivity contribution in [3.05, 3.63) is 0 Å². The predicted octanol–water partition coefficient (Wildman–Crippen LogP) is 1.32. The molecule has 0 aromatic carbocycles. The number of nitrogens with zero attached hydrogens (tertiary/aromatic N) is 3. The van der Waals surface area contributed by atoms with E-state index < -0.39 is 9.84 Å². The summed E-state index contributed by atoms with van der Waals surface area (Å²) in [5.41, 5.74) is 0.158. The SMILES string of the molecule is CCNC(=NCC1(N2CCCCC2)CCN(C)CC1)NC(C)CCS(C)(=O)=O. The van der Waals surface area contributed by atoms with Gasteiger partial charge in [-0.2, -0.15) is 0 Å². The fourth-order valence-corrected chi connectivity index (χ4v) is 5.00. The van der Waals surface area contributed by atoms with Crippen LogP contribution < -0.4 is 10.6 Å². The summed E-state index contributed by atoms with van der Waals surface area (Å²) in [7, 11) is -0.731. The molecule has 2 rings (SSSR count). The van der Waals surface area contributed by atoms with Gasteiger partial charge in [0, 0.05) is 24.4 Å². The van der Waals surface area contributed by atoms with E-state index in [0.29, 0.717) is 6.42 Å². The fraction of sp³-hybridized carbons (Fsp3) is 0.950. The lowest BCUT2D eigenvalue weighted by molar-refractivity contribution is 0.0208. The maximum Gasteiger partial charge on any atom is 0.191 e. The zero-order valence-electron chi connectivity index (χ0n) is 18.3. The van der Waals surface area contributed by atoms with Crippen LogP contribution in [0.15, 0.2) is 4.99 Å². The number of guanidine groups is 1. The Balaban J connectivity index is 2.05. The van der Waals surface area contributed by atoms with Crippen molar-refractivity contribution < 1.29 is 8.42 Å². The molecule has 0 aliphatic carbocycles. The first-order chi connectivity index (χ1) is 13.2. The summed E-state index contributed by atoms with van der Waals surface area (Å²) < 4.78 is 22.9. The van der Waals surface area contributed by atoms with Crippen molar-refractivity contribution in [2.45, 2.75) is 64.0 Å². The van der Waals surface area contributed by atoms with E-state index in [1.807, 2.05) is 6.92 Å². The van der Waals surface area contributed by atoms with Gasteiger partial charge < -0.3 is 15.5 Å². The van der Waals surface area contributed by atoms with Crippen LogP contribution in [0.1, 0.15) is 52.4 Å². The van der Waals surface area contributed by atoms with Gasteiger partial charge in [-0.05, 0) is 79.2 Å². The summed E-state index contributed by atoms with van der Waals surface area (Å²) in [6.45, 7) is 10.3. The van der Waals surface area contributed by atoms with Gasteiger partial charge in [0.15, 0.2) is 5.96 Å². The smallest absolute Gasteiger partial charge is 0.191 e. The van der Waals surface area contributed by atoms with E-state index in [4.69, 9.17) is 4.99 Å². The second-order valence-corrected chi connectivity index (χ2v) is 11.0. The third-order valence-corrected chi connectivity index (χ3v) is 7.10. The molecular weight excluding hydrogens is 374 g/mol. The third-order valence-electron chi connectivity index (χ3n) is 6.13. The Morgan fingerprint density at radius 1 is 1.14 bits per heavy atom. The minimum atomic E-state index is -2.94. The molecule has 0 aromatic rings. The molecule has 2 aliphatic heterocycles. The Morgan fingerprint density at radius 2 is 1.79 bits per heavy atom. The molecule has 2 fully saturated rings. The topological polar surface area (TPSA) is 77.0 Å². The minimum Gasteiger partial charge on any atom is -0.357 e. The maximum atomic E-state index is 11.4. The molecule has 0 bridgehead atoms. The van der Waals surface area contributed by atoms with Gasteiger partial charge in [0.25, 0.3) is 0 Å². The lowest BCUT2D eigenvalue weighted by atomic mass is 9.84. The minimum absolute atomic E-state index is 0.0657. The second kappa shape index (κ2) is 10.8. The molecule has 0 amide bonds. The maximum absolute atomic E-state index is 11.4. The standard InChI is InChI=1S/C20H41N5O2S/c1-5-21-19(23-18(2)9-16-28(4,26)27)22-17-20(10-14-24(3)15-11-20)25-12-7-6-8-13-25/h18H,5-17H2,1-4H3,(H2,21,22,23). The van der Waals surface area contributed by atoms with Crippen molar-refractivity contribution in [3.63, 3.8) is 0 Å². The average molecular weight is 416 g/mol. The van der Waals surface area contributed by atoms with Gasteiger partial charge in [0.05, 0.1) is 12.3 Å². The first-order valence-corrected chi connectivity index (χ1v) is 13.0. The largest absolute Gasteiger partial charge is 0.357 e. The van der Waals surface area contributed by atoms with E-state index >= 15 is 0 Å². The zero-order chi connectivity index (χ0) is 20.6. The van der Waals surface area contributed by atoms with Crippen molar-refractivity contribution in [1.82, 2.24) is 20.4 Å². The van der Waals surface area contributed by atoms with Crippen molar-refractivity contribution in [3.8, 4) is 0 Å².